The lowest BCUT2D eigenvalue weighted by Gasteiger charge is -2.29. The largest absolute Gasteiger partial charge is 0.482 e. The van der Waals surface area contributed by atoms with Gasteiger partial charge in [0.25, 0.3) is 11.8 Å². The van der Waals surface area contributed by atoms with Crippen LogP contribution in [0.25, 0.3) is 0 Å². The van der Waals surface area contributed by atoms with Crippen LogP contribution in [0.3, 0.4) is 0 Å². The van der Waals surface area contributed by atoms with Crippen molar-refractivity contribution < 1.29 is 19.2 Å². The molecule has 0 bridgehead atoms. The number of carbonyl (C=O) groups is 2. The number of hydroxylamine groups is 1. The van der Waals surface area contributed by atoms with Gasteiger partial charge in [0.15, 0.2) is 6.61 Å². The summed E-state index contributed by atoms with van der Waals surface area (Å²) in [5.41, 5.74) is 5.52. The molecular formula is C19H20N2O4. The van der Waals surface area contributed by atoms with Crippen molar-refractivity contribution in [3.63, 3.8) is 0 Å². The zero-order chi connectivity index (χ0) is 17.8. The van der Waals surface area contributed by atoms with Crippen molar-refractivity contribution in [1.29, 1.82) is 0 Å². The van der Waals surface area contributed by atoms with Crippen LogP contribution in [0.2, 0.25) is 0 Å². The van der Waals surface area contributed by atoms with E-state index in [1.807, 2.05) is 31.2 Å². The molecule has 0 saturated carbocycles. The van der Waals surface area contributed by atoms with Gasteiger partial charge in [0.05, 0.1) is 18.8 Å². The van der Waals surface area contributed by atoms with Crippen molar-refractivity contribution in [2.24, 2.45) is 0 Å². The van der Waals surface area contributed by atoms with Gasteiger partial charge in [-0.15, -0.1) is 0 Å². The highest BCUT2D eigenvalue weighted by molar-refractivity contribution is 5.98. The summed E-state index contributed by atoms with van der Waals surface area (Å²) in [4.78, 5) is 30.9. The molecule has 2 aromatic carbocycles. The highest BCUT2D eigenvalue weighted by atomic mass is 16.6. The maximum absolute atomic E-state index is 12.3. The minimum absolute atomic E-state index is 0.0149. The van der Waals surface area contributed by atoms with E-state index in [1.165, 1.54) is 0 Å². The van der Waals surface area contributed by atoms with Gasteiger partial charge in [-0.25, -0.2) is 5.48 Å². The molecule has 0 aromatic heterocycles. The Morgan fingerprint density at radius 1 is 1.28 bits per heavy atom. The molecule has 1 aliphatic rings. The van der Waals surface area contributed by atoms with Gasteiger partial charge in [0, 0.05) is 5.56 Å². The summed E-state index contributed by atoms with van der Waals surface area (Å²) in [7, 11) is 0. The first-order valence-electron chi connectivity index (χ1n) is 8.13. The predicted molar refractivity (Wildman–Crippen MR) is 93.4 cm³/mol. The Hall–Kier alpha value is -2.86. The third-order valence-corrected chi connectivity index (χ3v) is 3.90. The summed E-state index contributed by atoms with van der Waals surface area (Å²) in [5, 5.41) is 0. The van der Waals surface area contributed by atoms with Crippen molar-refractivity contribution >= 4 is 17.5 Å². The number of nitrogens with one attached hydrogen (secondary N) is 1. The molecule has 25 heavy (non-hydrogen) atoms. The molecule has 3 rings (SSSR count). The number of hydrogen-bond acceptors (Lipinski definition) is 4. The lowest BCUT2D eigenvalue weighted by atomic mass is 10.1. The van der Waals surface area contributed by atoms with Gasteiger partial charge in [0.2, 0.25) is 0 Å². The Kier molecular flexibility index (Phi) is 5.00. The van der Waals surface area contributed by atoms with Crippen molar-refractivity contribution in [3.05, 3.63) is 59.2 Å². The molecule has 0 aliphatic carbocycles. The molecule has 6 nitrogen and oxygen atoms in total. The zero-order valence-electron chi connectivity index (χ0n) is 14.2. The molecule has 0 radical (unpaired) electrons. The summed E-state index contributed by atoms with van der Waals surface area (Å²) in [6.07, 6.45) is 0. The third kappa shape index (κ3) is 3.80. The van der Waals surface area contributed by atoms with Crippen LogP contribution in [0, 0.1) is 6.92 Å². The molecule has 0 fully saturated rings. The number of benzene rings is 2. The number of aryl methyl sites for hydroxylation is 1. The second kappa shape index (κ2) is 7.36. The van der Waals surface area contributed by atoms with E-state index in [9.17, 15) is 9.59 Å². The molecule has 1 aliphatic heterocycles. The van der Waals surface area contributed by atoms with Crippen LogP contribution in [-0.2, 0) is 16.2 Å². The van der Waals surface area contributed by atoms with Crippen LogP contribution in [-0.4, -0.2) is 25.0 Å². The van der Waals surface area contributed by atoms with Crippen LogP contribution >= 0.6 is 0 Å². The molecule has 1 N–H and O–H groups in total. The average Bonchev–Trinajstić information content (AvgIpc) is 2.62. The highest BCUT2D eigenvalue weighted by Gasteiger charge is 2.25. The summed E-state index contributed by atoms with van der Waals surface area (Å²) in [6, 6.07) is 12.9. The van der Waals surface area contributed by atoms with E-state index in [-0.39, 0.29) is 18.4 Å². The number of ether oxygens (including phenoxy) is 1. The minimum atomic E-state index is -0.312. The monoisotopic (exact) mass is 340 g/mol. The Morgan fingerprint density at radius 3 is 2.92 bits per heavy atom. The molecule has 2 aromatic rings. The van der Waals surface area contributed by atoms with Crippen LogP contribution in [0.4, 0.5) is 5.69 Å². The lowest BCUT2D eigenvalue weighted by Crippen LogP contribution is -2.38. The molecule has 0 atom stereocenters. The van der Waals surface area contributed by atoms with Gasteiger partial charge in [-0.2, -0.15) is 0 Å². The Morgan fingerprint density at radius 2 is 2.12 bits per heavy atom. The van der Waals surface area contributed by atoms with Gasteiger partial charge in [-0.1, -0.05) is 18.2 Å². The molecule has 0 spiro atoms. The molecule has 1 heterocycles. The van der Waals surface area contributed by atoms with E-state index in [1.54, 1.807) is 30.0 Å². The fraction of sp³-hybridized carbons (Fsp3) is 0.263. The van der Waals surface area contributed by atoms with E-state index in [0.717, 1.165) is 16.8 Å². The van der Waals surface area contributed by atoms with Gasteiger partial charge < -0.3 is 9.64 Å². The standard InChI is InChI=1S/C19H20N2O4/c1-3-25-20-19(23)15-6-4-5-14(10-15)11-21-16-8-7-13(2)9-17(16)24-12-18(21)22/h4-10H,3,11-12H2,1-2H3,(H,20,23). The van der Waals surface area contributed by atoms with Crippen LogP contribution in [0.15, 0.2) is 42.5 Å². The van der Waals surface area contributed by atoms with Crippen LogP contribution in [0.1, 0.15) is 28.4 Å². The fourth-order valence-electron chi connectivity index (χ4n) is 2.68. The normalized spacial score (nSPS) is 13.2. The van der Waals surface area contributed by atoms with Crippen molar-refractivity contribution in [3.8, 4) is 5.75 Å². The fourth-order valence-corrected chi connectivity index (χ4v) is 2.68. The Balaban J connectivity index is 1.83. The smallest absolute Gasteiger partial charge is 0.274 e. The van der Waals surface area contributed by atoms with Gasteiger partial charge in [-0.3, -0.25) is 14.4 Å². The van der Waals surface area contributed by atoms with E-state index >= 15 is 0 Å². The zero-order valence-corrected chi connectivity index (χ0v) is 14.2. The van der Waals surface area contributed by atoms with E-state index in [4.69, 9.17) is 9.57 Å². The molecule has 130 valence electrons. The van der Waals surface area contributed by atoms with Crippen LogP contribution in [0.5, 0.6) is 5.75 Å². The second-order valence-electron chi connectivity index (χ2n) is 5.80. The summed E-state index contributed by atoms with van der Waals surface area (Å²) in [6.45, 7) is 4.55. The molecule has 0 saturated heterocycles. The minimum Gasteiger partial charge on any atom is -0.482 e. The first-order chi connectivity index (χ1) is 12.1. The third-order valence-electron chi connectivity index (χ3n) is 3.90. The Bertz CT molecular complexity index is 804. The quantitative estimate of drug-likeness (QED) is 0.850. The Labute approximate surface area is 146 Å². The number of amides is 2. The first kappa shape index (κ1) is 17.0. The maximum atomic E-state index is 12.3. The van der Waals surface area contributed by atoms with E-state index < -0.39 is 0 Å². The van der Waals surface area contributed by atoms with Crippen molar-refractivity contribution in [1.82, 2.24) is 5.48 Å². The number of anilines is 1. The first-order valence-corrected chi connectivity index (χ1v) is 8.13. The van der Waals surface area contributed by atoms with E-state index in [2.05, 4.69) is 5.48 Å². The summed E-state index contributed by atoms with van der Waals surface area (Å²) in [5.74, 6) is 0.276. The van der Waals surface area contributed by atoms with Crippen molar-refractivity contribution in [2.45, 2.75) is 20.4 Å². The number of rotatable bonds is 5. The number of fused-ring (bicyclic) bond motifs is 1. The number of nitrogens with zero attached hydrogens (tertiary/aromatic N) is 1. The molecule has 0 unspecified atom stereocenters. The van der Waals surface area contributed by atoms with Gasteiger partial charge >= 0.3 is 0 Å². The second-order valence-corrected chi connectivity index (χ2v) is 5.80. The van der Waals surface area contributed by atoms with Gasteiger partial charge in [-0.05, 0) is 49.2 Å². The molecule has 2 amide bonds. The molecule has 6 heteroatoms. The SMILES string of the molecule is CCONC(=O)c1cccc(CN2C(=O)COc3cc(C)ccc32)c1. The van der Waals surface area contributed by atoms with Crippen LogP contribution < -0.4 is 15.1 Å². The number of hydrogen-bond donors (Lipinski definition) is 1. The van der Waals surface area contributed by atoms with E-state index in [0.29, 0.717) is 24.5 Å². The average molecular weight is 340 g/mol. The number of carbonyl (C=O) groups excluding carboxylic acids is 2. The summed E-state index contributed by atoms with van der Waals surface area (Å²) < 4.78 is 5.52. The topological polar surface area (TPSA) is 67.9 Å². The highest BCUT2D eigenvalue weighted by Crippen LogP contribution is 2.33. The summed E-state index contributed by atoms with van der Waals surface area (Å²) >= 11 is 0. The van der Waals surface area contributed by atoms with Crippen molar-refractivity contribution in [2.75, 3.05) is 18.1 Å². The lowest BCUT2D eigenvalue weighted by molar-refractivity contribution is -0.121. The predicted octanol–water partition coefficient (Wildman–Crippen LogP) is 2.60. The van der Waals surface area contributed by atoms with Gasteiger partial charge in [0.1, 0.15) is 5.75 Å². The molecular weight excluding hydrogens is 320 g/mol. The maximum Gasteiger partial charge on any atom is 0.274 e.